The second kappa shape index (κ2) is 8.21. The number of hydrogen-bond acceptors (Lipinski definition) is 3. The van der Waals surface area contributed by atoms with Gasteiger partial charge in [-0.3, -0.25) is 0 Å². The van der Waals surface area contributed by atoms with Crippen LogP contribution in [0.5, 0.6) is 0 Å². The van der Waals surface area contributed by atoms with E-state index in [4.69, 9.17) is 10.5 Å². The van der Waals surface area contributed by atoms with Crippen molar-refractivity contribution in [1.29, 1.82) is 0 Å². The Morgan fingerprint density at radius 2 is 1.93 bits per heavy atom. The zero-order valence-electron chi connectivity index (χ0n) is 9.13. The molecule has 1 fully saturated rings. The van der Waals surface area contributed by atoms with E-state index in [-0.39, 0.29) is 0 Å². The van der Waals surface area contributed by atoms with E-state index in [2.05, 4.69) is 5.32 Å². The van der Waals surface area contributed by atoms with Gasteiger partial charge >= 0.3 is 0 Å². The minimum atomic E-state index is 0.812. The first-order valence-corrected chi connectivity index (χ1v) is 5.92. The summed E-state index contributed by atoms with van der Waals surface area (Å²) in [6.45, 7) is 4.90. The summed E-state index contributed by atoms with van der Waals surface area (Å²) in [5, 5.41) is 3.39. The molecule has 1 rings (SSSR count). The molecule has 0 saturated heterocycles. The van der Waals surface area contributed by atoms with Crippen LogP contribution >= 0.6 is 0 Å². The molecule has 3 N–H and O–H groups in total. The highest BCUT2D eigenvalue weighted by molar-refractivity contribution is 4.71. The lowest BCUT2D eigenvalue weighted by atomic mass is 10.3. The van der Waals surface area contributed by atoms with E-state index in [0.29, 0.717) is 0 Å². The molecule has 1 aliphatic rings. The molecule has 84 valence electrons. The maximum atomic E-state index is 5.53. The van der Waals surface area contributed by atoms with Crippen molar-refractivity contribution in [3.63, 3.8) is 0 Å². The SMILES string of the molecule is NCCCCNCCCOCC1CC1. The van der Waals surface area contributed by atoms with Gasteiger partial charge in [-0.1, -0.05) is 0 Å². The monoisotopic (exact) mass is 200 g/mol. The van der Waals surface area contributed by atoms with Gasteiger partial charge in [0.15, 0.2) is 0 Å². The van der Waals surface area contributed by atoms with Gasteiger partial charge in [-0.05, 0) is 57.7 Å². The molecule has 14 heavy (non-hydrogen) atoms. The Hall–Kier alpha value is -0.120. The first-order chi connectivity index (χ1) is 6.93. The number of nitrogens with two attached hydrogens (primary N) is 1. The van der Waals surface area contributed by atoms with Crippen molar-refractivity contribution in [2.75, 3.05) is 32.8 Å². The van der Waals surface area contributed by atoms with Crippen molar-refractivity contribution in [2.45, 2.75) is 32.1 Å². The van der Waals surface area contributed by atoms with Gasteiger partial charge in [0.1, 0.15) is 0 Å². The van der Waals surface area contributed by atoms with Gasteiger partial charge in [0, 0.05) is 13.2 Å². The number of ether oxygens (including phenoxy) is 1. The highest BCUT2D eigenvalue weighted by Gasteiger charge is 2.20. The highest BCUT2D eigenvalue weighted by atomic mass is 16.5. The maximum absolute atomic E-state index is 5.53. The van der Waals surface area contributed by atoms with E-state index in [1.54, 1.807) is 0 Å². The molecule has 0 bridgehead atoms. The van der Waals surface area contributed by atoms with Gasteiger partial charge in [-0.15, -0.1) is 0 Å². The molecule has 0 atom stereocenters. The summed E-state index contributed by atoms with van der Waals surface area (Å²) in [5.74, 6) is 0.896. The quantitative estimate of drug-likeness (QED) is 0.520. The molecular formula is C11H24N2O. The van der Waals surface area contributed by atoms with Gasteiger partial charge in [0.25, 0.3) is 0 Å². The minimum Gasteiger partial charge on any atom is -0.381 e. The zero-order valence-corrected chi connectivity index (χ0v) is 9.13. The molecule has 3 nitrogen and oxygen atoms in total. The van der Waals surface area contributed by atoms with E-state index in [1.165, 1.54) is 19.3 Å². The minimum absolute atomic E-state index is 0.812. The fourth-order valence-corrected chi connectivity index (χ4v) is 1.35. The highest BCUT2D eigenvalue weighted by Crippen LogP contribution is 2.28. The van der Waals surface area contributed by atoms with Crippen LogP contribution in [0.3, 0.4) is 0 Å². The van der Waals surface area contributed by atoms with E-state index in [0.717, 1.165) is 51.6 Å². The van der Waals surface area contributed by atoms with Gasteiger partial charge in [-0.25, -0.2) is 0 Å². The molecular weight excluding hydrogens is 176 g/mol. The fraction of sp³-hybridized carbons (Fsp3) is 1.00. The average Bonchev–Trinajstić information content (AvgIpc) is 2.99. The largest absolute Gasteiger partial charge is 0.381 e. The van der Waals surface area contributed by atoms with Crippen LogP contribution in [0.4, 0.5) is 0 Å². The summed E-state index contributed by atoms with van der Waals surface area (Å²) in [6.07, 6.45) is 6.23. The summed E-state index contributed by atoms with van der Waals surface area (Å²) in [5.41, 5.74) is 5.40. The molecule has 0 spiro atoms. The predicted octanol–water partition coefficient (Wildman–Crippen LogP) is 1.13. The lowest BCUT2D eigenvalue weighted by Gasteiger charge is -2.04. The Morgan fingerprint density at radius 1 is 1.14 bits per heavy atom. The van der Waals surface area contributed by atoms with Crippen LogP contribution in [0.2, 0.25) is 0 Å². The summed E-state index contributed by atoms with van der Waals surface area (Å²) in [6, 6.07) is 0. The molecule has 0 heterocycles. The second-order valence-electron chi connectivity index (χ2n) is 4.12. The van der Waals surface area contributed by atoms with Crippen LogP contribution in [0.1, 0.15) is 32.1 Å². The molecule has 0 aromatic heterocycles. The topological polar surface area (TPSA) is 47.3 Å². The first kappa shape index (κ1) is 12.0. The zero-order chi connectivity index (χ0) is 10.1. The number of hydrogen-bond donors (Lipinski definition) is 2. The third-order valence-corrected chi connectivity index (χ3v) is 2.50. The van der Waals surface area contributed by atoms with Crippen LogP contribution in [0.15, 0.2) is 0 Å². The molecule has 0 unspecified atom stereocenters. The van der Waals surface area contributed by atoms with Crippen molar-refractivity contribution < 1.29 is 4.74 Å². The number of rotatable bonds is 10. The van der Waals surface area contributed by atoms with Gasteiger partial charge in [0.05, 0.1) is 0 Å². The Balaban J connectivity index is 1.63. The Kier molecular flexibility index (Phi) is 7.01. The lowest BCUT2D eigenvalue weighted by Crippen LogP contribution is -2.19. The number of nitrogens with one attached hydrogen (secondary N) is 1. The molecule has 0 aromatic carbocycles. The Bertz CT molecular complexity index is 126. The van der Waals surface area contributed by atoms with Crippen molar-refractivity contribution in [2.24, 2.45) is 11.7 Å². The predicted molar refractivity (Wildman–Crippen MR) is 59.3 cm³/mol. The molecule has 0 aromatic rings. The van der Waals surface area contributed by atoms with Crippen LogP contribution in [-0.4, -0.2) is 32.8 Å². The Labute approximate surface area is 87.4 Å². The summed E-state index contributed by atoms with van der Waals surface area (Å²) in [4.78, 5) is 0. The van der Waals surface area contributed by atoms with E-state index >= 15 is 0 Å². The molecule has 3 heteroatoms. The third-order valence-electron chi connectivity index (χ3n) is 2.50. The number of unbranched alkanes of at least 4 members (excludes halogenated alkanes) is 1. The van der Waals surface area contributed by atoms with Crippen LogP contribution in [0.25, 0.3) is 0 Å². The molecule has 0 radical (unpaired) electrons. The first-order valence-electron chi connectivity index (χ1n) is 5.92. The summed E-state index contributed by atoms with van der Waals surface area (Å²) in [7, 11) is 0. The summed E-state index contributed by atoms with van der Waals surface area (Å²) < 4.78 is 5.53. The van der Waals surface area contributed by atoms with Gasteiger partial charge in [-0.2, -0.15) is 0 Å². The van der Waals surface area contributed by atoms with Crippen molar-refractivity contribution in [1.82, 2.24) is 5.32 Å². The van der Waals surface area contributed by atoms with Gasteiger partial charge in [0.2, 0.25) is 0 Å². The van der Waals surface area contributed by atoms with E-state index < -0.39 is 0 Å². The van der Waals surface area contributed by atoms with Crippen LogP contribution < -0.4 is 11.1 Å². The lowest BCUT2D eigenvalue weighted by molar-refractivity contribution is 0.122. The summed E-state index contributed by atoms with van der Waals surface area (Å²) >= 11 is 0. The normalized spacial score (nSPS) is 16.1. The van der Waals surface area contributed by atoms with E-state index in [1.807, 2.05) is 0 Å². The second-order valence-corrected chi connectivity index (χ2v) is 4.12. The average molecular weight is 200 g/mol. The van der Waals surface area contributed by atoms with Crippen LogP contribution in [0, 0.1) is 5.92 Å². The molecule has 1 saturated carbocycles. The van der Waals surface area contributed by atoms with Crippen molar-refractivity contribution >= 4 is 0 Å². The third kappa shape index (κ3) is 7.30. The molecule has 0 amide bonds. The van der Waals surface area contributed by atoms with E-state index in [9.17, 15) is 0 Å². The van der Waals surface area contributed by atoms with Crippen molar-refractivity contribution in [3.8, 4) is 0 Å². The van der Waals surface area contributed by atoms with Crippen molar-refractivity contribution in [3.05, 3.63) is 0 Å². The fourth-order valence-electron chi connectivity index (χ4n) is 1.35. The van der Waals surface area contributed by atoms with Crippen LogP contribution in [-0.2, 0) is 4.74 Å². The molecule has 1 aliphatic carbocycles. The smallest absolute Gasteiger partial charge is 0.0494 e. The standard InChI is InChI=1S/C11H24N2O/c12-6-1-2-7-13-8-3-9-14-10-11-4-5-11/h11,13H,1-10,12H2. The van der Waals surface area contributed by atoms with Gasteiger partial charge < -0.3 is 15.8 Å². The molecule has 0 aliphatic heterocycles. The Morgan fingerprint density at radius 3 is 2.64 bits per heavy atom. The maximum Gasteiger partial charge on any atom is 0.0494 e.